The molecule has 0 radical (unpaired) electrons. The van der Waals surface area contributed by atoms with E-state index in [2.05, 4.69) is 223 Å². The Morgan fingerprint density at radius 3 is 1.25 bits per heavy atom. The first-order valence-corrected chi connectivity index (χ1v) is 20.8. The molecule has 61 heavy (non-hydrogen) atoms. The van der Waals surface area contributed by atoms with Crippen molar-refractivity contribution in [1.29, 1.82) is 0 Å². The fraction of sp³-hybridized carbons (Fsp3) is 0. The Bertz CT molecular complexity index is 3470. The van der Waals surface area contributed by atoms with E-state index in [0.29, 0.717) is 0 Å². The zero-order chi connectivity index (χ0) is 40.3. The SMILES string of the molecule is c1ccc(-c2ccc3c(c2)c2cc(-c4ccccc4)ccc2n3-c2ccc(-c3cccc(-c4ccc(-c5cnc6c7ccccc7c7ccccc7c6n5)cc4)c3)cc2)cc1. The van der Waals surface area contributed by atoms with Crippen molar-refractivity contribution in [2.24, 2.45) is 0 Å². The molecule has 0 aliphatic carbocycles. The highest BCUT2D eigenvalue weighted by Crippen LogP contribution is 2.39. The van der Waals surface area contributed by atoms with Crippen LogP contribution in [0.25, 0.3) is 116 Å². The molecule has 10 aromatic carbocycles. The molecule has 0 saturated carbocycles. The summed E-state index contributed by atoms with van der Waals surface area (Å²) in [4.78, 5) is 10.2. The summed E-state index contributed by atoms with van der Waals surface area (Å²) in [6, 6.07) is 78.5. The van der Waals surface area contributed by atoms with Crippen LogP contribution in [0, 0.1) is 0 Å². The summed E-state index contributed by atoms with van der Waals surface area (Å²) in [5, 5.41) is 7.13. The molecule has 0 fully saturated rings. The van der Waals surface area contributed by atoms with Gasteiger partial charge in [0.25, 0.3) is 0 Å². The Labute approximate surface area is 353 Å². The van der Waals surface area contributed by atoms with Crippen LogP contribution >= 0.6 is 0 Å². The summed E-state index contributed by atoms with van der Waals surface area (Å²) in [6.45, 7) is 0. The second kappa shape index (κ2) is 14.3. The van der Waals surface area contributed by atoms with Crippen LogP contribution in [-0.4, -0.2) is 14.5 Å². The van der Waals surface area contributed by atoms with Gasteiger partial charge in [0.15, 0.2) is 0 Å². The van der Waals surface area contributed by atoms with Crippen LogP contribution in [0.2, 0.25) is 0 Å². The van der Waals surface area contributed by atoms with Gasteiger partial charge in [-0.1, -0.05) is 176 Å². The van der Waals surface area contributed by atoms with Crippen LogP contribution < -0.4 is 0 Å². The molecule has 0 aliphatic heterocycles. The Morgan fingerprint density at radius 2 is 0.689 bits per heavy atom. The van der Waals surface area contributed by atoms with Gasteiger partial charge in [0.1, 0.15) is 0 Å². The second-order valence-electron chi connectivity index (χ2n) is 15.8. The molecule has 284 valence electrons. The fourth-order valence-corrected chi connectivity index (χ4v) is 9.20. The Kier molecular flexibility index (Phi) is 8.17. The maximum absolute atomic E-state index is 5.21. The predicted molar refractivity (Wildman–Crippen MR) is 256 cm³/mol. The number of nitrogens with zero attached hydrogens (tertiary/aromatic N) is 3. The van der Waals surface area contributed by atoms with Crippen molar-refractivity contribution in [1.82, 2.24) is 14.5 Å². The Balaban J connectivity index is 0.876. The van der Waals surface area contributed by atoms with E-state index in [1.807, 2.05) is 6.20 Å². The smallest absolute Gasteiger partial charge is 0.0979 e. The lowest BCUT2D eigenvalue weighted by Gasteiger charge is -2.11. The molecule has 3 nitrogen and oxygen atoms in total. The molecule has 0 amide bonds. The number of benzene rings is 10. The largest absolute Gasteiger partial charge is 0.309 e. The molecule has 0 spiro atoms. The van der Waals surface area contributed by atoms with Gasteiger partial charge in [0.2, 0.25) is 0 Å². The van der Waals surface area contributed by atoms with Crippen molar-refractivity contribution in [2.75, 3.05) is 0 Å². The van der Waals surface area contributed by atoms with Crippen molar-refractivity contribution in [3.8, 4) is 61.5 Å². The van der Waals surface area contributed by atoms with Crippen LogP contribution in [-0.2, 0) is 0 Å². The zero-order valence-corrected chi connectivity index (χ0v) is 33.2. The van der Waals surface area contributed by atoms with Crippen molar-refractivity contribution < 1.29 is 0 Å². The third-order valence-corrected chi connectivity index (χ3v) is 12.2. The number of hydrogen-bond donors (Lipinski definition) is 0. The molecule has 3 heteroatoms. The molecular weight excluding hydrogens is 739 g/mol. The predicted octanol–water partition coefficient (Wildman–Crippen LogP) is 15.4. The van der Waals surface area contributed by atoms with Crippen molar-refractivity contribution >= 4 is 54.4 Å². The lowest BCUT2D eigenvalue weighted by atomic mass is 9.97. The van der Waals surface area contributed by atoms with E-state index in [0.717, 1.165) is 44.3 Å². The van der Waals surface area contributed by atoms with Gasteiger partial charge in [0.05, 0.1) is 34.0 Å². The van der Waals surface area contributed by atoms with Crippen LogP contribution in [0.5, 0.6) is 0 Å². The van der Waals surface area contributed by atoms with Crippen molar-refractivity contribution in [2.45, 2.75) is 0 Å². The van der Waals surface area contributed by atoms with Crippen molar-refractivity contribution in [3.63, 3.8) is 0 Å². The number of aromatic nitrogens is 3. The summed E-state index contributed by atoms with van der Waals surface area (Å²) >= 11 is 0. The van der Waals surface area contributed by atoms with E-state index in [1.165, 1.54) is 71.5 Å². The van der Waals surface area contributed by atoms with Gasteiger partial charge in [-0.2, -0.15) is 0 Å². The zero-order valence-electron chi connectivity index (χ0n) is 33.2. The molecule has 12 rings (SSSR count). The highest BCUT2D eigenvalue weighted by atomic mass is 15.0. The molecule has 0 saturated heterocycles. The highest BCUT2D eigenvalue weighted by Gasteiger charge is 2.16. The van der Waals surface area contributed by atoms with Crippen LogP contribution in [0.4, 0.5) is 0 Å². The minimum absolute atomic E-state index is 0.866. The molecule has 2 aromatic heterocycles. The van der Waals surface area contributed by atoms with E-state index in [9.17, 15) is 0 Å². The molecule has 0 bridgehead atoms. The maximum atomic E-state index is 5.21. The summed E-state index contributed by atoms with van der Waals surface area (Å²) in [5.74, 6) is 0. The molecule has 2 heterocycles. The Hall–Kier alpha value is -8.14. The van der Waals surface area contributed by atoms with Gasteiger partial charge in [-0.15, -0.1) is 0 Å². The van der Waals surface area contributed by atoms with Gasteiger partial charge in [-0.05, 0) is 97.7 Å². The maximum Gasteiger partial charge on any atom is 0.0979 e. The van der Waals surface area contributed by atoms with Crippen LogP contribution in [0.15, 0.2) is 225 Å². The number of fused-ring (bicyclic) bond motifs is 9. The van der Waals surface area contributed by atoms with Gasteiger partial charge < -0.3 is 4.57 Å². The molecule has 0 atom stereocenters. The van der Waals surface area contributed by atoms with E-state index in [4.69, 9.17) is 9.97 Å². The lowest BCUT2D eigenvalue weighted by molar-refractivity contribution is 1.18. The minimum Gasteiger partial charge on any atom is -0.309 e. The third-order valence-electron chi connectivity index (χ3n) is 12.2. The Morgan fingerprint density at radius 1 is 0.279 bits per heavy atom. The quantitative estimate of drug-likeness (QED) is 0.158. The average molecular weight is 776 g/mol. The number of rotatable bonds is 6. The molecule has 0 unspecified atom stereocenters. The standard InChI is InChI=1S/C58H37N3/c1-3-12-38(13-4-1)45-28-32-55-52(35-45)53-36-46(39-14-5-2-6-15-39)29-33-56(53)61(55)47-30-26-41(27-31-47)44-17-11-16-43(34-44)40-22-24-42(25-23-40)54-37-59-57-50-20-9-7-18-48(50)49-19-8-10-21-51(49)58(57)60-54/h1-37H. The van der Waals surface area contributed by atoms with Crippen LogP contribution in [0.3, 0.4) is 0 Å². The van der Waals surface area contributed by atoms with Crippen molar-refractivity contribution in [3.05, 3.63) is 225 Å². The summed E-state index contributed by atoms with van der Waals surface area (Å²) in [6.07, 6.45) is 1.91. The first-order valence-electron chi connectivity index (χ1n) is 20.8. The second-order valence-corrected chi connectivity index (χ2v) is 15.8. The van der Waals surface area contributed by atoms with E-state index < -0.39 is 0 Å². The number of hydrogen-bond acceptors (Lipinski definition) is 2. The van der Waals surface area contributed by atoms with Gasteiger partial charge in [0, 0.05) is 32.8 Å². The molecule has 0 N–H and O–H groups in total. The first kappa shape index (κ1) is 34.9. The topological polar surface area (TPSA) is 30.7 Å². The first-order chi connectivity index (χ1) is 30.2. The van der Waals surface area contributed by atoms with Gasteiger partial charge in [-0.25, -0.2) is 4.98 Å². The molecule has 0 aliphatic rings. The van der Waals surface area contributed by atoms with E-state index in [1.54, 1.807) is 0 Å². The molecule has 12 aromatic rings. The van der Waals surface area contributed by atoms with Crippen LogP contribution in [0.1, 0.15) is 0 Å². The highest BCUT2D eigenvalue weighted by molar-refractivity contribution is 6.23. The average Bonchev–Trinajstić information content (AvgIpc) is 3.67. The lowest BCUT2D eigenvalue weighted by Crippen LogP contribution is -1.94. The summed E-state index contributed by atoms with van der Waals surface area (Å²) in [5.41, 5.74) is 16.8. The van der Waals surface area contributed by atoms with E-state index >= 15 is 0 Å². The summed E-state index contributed by atoms with van der Waals surface area (Å²) in [7, 11) is 0. The van der Waals surface area contributed by atoms with E-state index in [-0.39, 0.29) is 0 Å². The molecular formula is C58H37N3. The third kappa shape index (κ3) is 5.98. The van der Waals surface area contributed by atoms with Gasteiger partial charge >= 0.3 is 0 Å². The summed E-state index contributed by atoms with van der Waals surface area (Å²) < 4.78 is 2.40. The fourth-order valence-electron chi connectivity index (χ4n) is 9.20. The normalized spacial score (nSPS) is 11.6. The monoisotopic (exact) mass is 775 g/mol. The minimum atomic E-state index is 0.866. The van der Waals surface area contributed by atoms with Gasteiger partial charge in [-0.3, -0.25) is 4.98 Å².